The van der Waals surface area contributed by atoms with Gasteiger partial charge in [-0.3, -0.25) is 4.90 Å². The van der Waals surface area contributed by atoms with Gasteiger partial charge in [0, 0.05) is 38.3 Å². The standard InChI is InChI=1S/C9H18N2O.2C2HF3O2/c1-8-6-10-3-4-11(8)9-2-5-12-7-9;2*3-2(4,5)1(6)7/h8-10H,2-7H2,1H3;2*(H,6,7)/t8-,9?;;/m0../s1. The fraction of sp³-hybridized carbons (Fsp3) is 0.846. The molecule has 0 spiro atoms. The minimum atomic E-state index is -5.08. The molecule has 2 fully saturated rings. The van der Waals surface area contributed by atoms with Gasteiger partial charge in [-0.15, -0.1) is 0 Å². The summed E-state index contributed by atoms with van der Waals surface area (Å²) in [7, 11) is 0. The number of piperazine rings is 1. The SMILES string of the molecule is C[C@H]1CNCCN1C1CCOC1.O=C(O)C(F)(F)F.O=C(O)C(F)(F)F. The zero-order valence-corrected chi connectivity index (χ0v) is 13.7. The number of hydrogen-bond donors (Lipinski definition) is 3. The van der Waals surface area contributed by atoms with Gasteiger partial charge < -0.3 is 20.3 Å². The van der Waals surface area contributed by atoms with Crippen molar-refractivity contribution in [1.29, 1.82) is 0 Å². The molecule has 2 rings (SSSR count). The van der Waals surface area contributed by atoms with Crippen molar-refractivity contribution in [3.63, 3.8) is 0 Å². The Hall–Kier alpha value is -1.60. The predicted molar refractivity (Wildman–Crippen MR) is 75.6 cm³/mol. The Labute approximate surface area is 144 Å². The second kappa shape index (κ2) is 10.5. The van der Waals surface area contributed by atoms with E-state index >= 15 is 0 Å². The first-order valence-corrected chi connectivity index (χ1v) is 7.41. The summed E-state index contributed by atoms with van der Waals surface area (Å²) in [5, 5.41) is 17.7. The minimum Gasteiger partial charge on any atom is -0.475 e. The maximum absolute atomic E-state index is 10.6. The Morgan fingerprint density at radius 2 is 1.54 bits per heavy atom. The molecule has 0 amide bonds. The van der Waals surface area contributed by atoms with Crippen molar-refractivity contribution < 1.29 is 50.9 Å². The van der Waals surface area contributed by atoms with Crippen molar-refractivity contribution in [2.75, 3.05) is 32.8 Å². The van der Waals surface area contributed by atoms with Crippen LogP contribution in [-0.4, -0.2) is 84.3 Å². The summed E-state index contributed by atoms with van der Waals surface area (Å²) in [5.41, 5.74) is 0. The number of carbonyl (C=O) groups is 2. The molecule has 0 bridgehead atoms. The number of hydrogen-bond acceptors (Lipinski definition) is 5. The van der Waals surface area contributed by atoms with Gasteiger partial charge in [0.15, 0.2) is 0 Å². The van der Waals surface area contributed by atoms with E-state index in [1.165, 1.54) is 13.0 Å². The predicted octanol–water partition coefficient (Wildman–Crippen LogP) is 1.34. The molecule has 1 unspecified atom stereocenters. The molecule has 2 heterocycles. The molecule has 3 N–H and O–H groups in total. The summed E-state index contributed by atoms with van der Waals surface area (Å²) in [4.78, 5) is 20.4. The van der Waals surface area contributed by atoms with E-state index in [1.54, 1.807) is 0 Å². The zero-order valence-electron chi connectivity index (χ0n) is 13.7. The average Bonchev–Trinajstić information content (AvgIpc) is 3.01. The number of halogens is 6. The van der Waals surface area contributed by atoms with Gasteiger partial charge in [-0.1, -0.05) is 0 Å². The fourth-order valence-electron chi connectivity index (χ4n) is 2.18. The molecule has 0 saturated carbocycles. The minimum absolute atomic E-state index is 0.686. The van der Waals surface area contributed by atoms with Crippen LogP contribution in [0.1, 0.15) is 13.3 Å². The van der Waals surface area contributed by atoms with Crippen LogP contribution in [0.4, 0.5) is 26.3 Å². The van der Waals surface area contributed by atoms with Gasteiger partial charge in [-0.2, -0.15) is 26.3 Å². The van der Waals surface area contributed by atoms with Crippen molar-refractivity contribution in [2.45, 2.75) is 37.8 Å². The first-order valence-electron chi connectivity index (χ1n) is 7.41. The van der Waals surface area contributed by atoms with Crippen molar-refractivity contribution >= 4 is 11.9 Å². The Balaban J connectivity index is 0.000000390. The number of carboxylic acid groups (broad SMARTS) is 2. The largest absolute Gasteiger partial charge is 0.490 e. The number of aliphatic carboxylic acids is 2. The molecule has 2 saturated heterocycles. The van der Waals surface area contributed by atoms with E-state index in [0.717, 1.165) is 26.3 Å². The number of alkyl halides is 6. The highest BCUT2D eigenvalue weighted by molar-refractivity contribution is 5.73. The lowest BCUT2D eigenvalue weighted by atomic mass is 10.1. The molecule has 0 aromatic carbocycles. The van der Waals surface area contributed by atoms with E-state index in [1.807, 2.05) is 0 Å². The van der Waals surface area contributed by atoms with E-state index in [9.17, 15) is 26.3 Å². The van der Waals surface area contributed by atoms with Crippen molar-refractivity contribution in [3.05, 3.63) is 0 Å². The van der Waals surface area contributed by atoms with Crippen LogP contribution in [0.3, 0.4) is 0 Å². The molecule has 2 aliphatic rings. The van der Waals surface area contributed by atoms with Crippen LogP contribution in [-0.2, 0) is 14.3 Å². The van der Waals surface area contributed by atoms with Gasteiger partial charge in [-0.05, 0) is 13.3 Å². The number of ether oxygens (including phenoxy) is 1. The molecule has 2 aliphatic heterocycles. The molecule has 0 aromatic heterocycles. The molecule has 0 radical (unpaired) electrons. The molecule has 26 heavy (non-hydrogen) atoms. The lowest BCUT2D eigenvalue weighted by Gasteiger charge is -2.37. The first-order chi connectivity index (χ1) is 11.8. The smallest absolute Gasteiger partial charge is 0.475 e. The van der Waals surface area contributed by atoms with Crippen LogP contribution in [0.5, 0.6) is 0 Å². The monoisotopic (exact) mass is 398 g/mol. The summed E-state index contributed by atoms with van der Waals surface area (Å²) in [6.45, 7) is 7.67. The van der Waals surface area contributed by atoms with Gasteiger partial charge in [0.05, 0.1) is 6.61 Å². The van der Waals surface area contributed by atoms with Gasteiger partial charge in [-0.25, -0.2) is 9.59 Å². The lowest BCUT2D eigenvalue weighted by Crippen LogP contribution is -2.54. The topological polar surface area (TPSA) is 99.1 Å². The van der Waals surface area contributed by atoms with Crippen LogP contribution < -0.4 is 5.32 Å². The molecule has 7 nitrogen and oxygen atoms in total. The third-order valence-electron chi connectivity index (χ3n) is 3.41. The summed E-state index contributed by atoms with van der Waals surface area (Å²) in [6.07, 6.45) is -8.94. The van der Waals surface area contributed by atoms with Crippen molar-refractivity contribution in [1.82, 2.24) is 10.2 Å². The Morgan fingerprint density at radius 3 is 1.85 bits per heavy atom. The second-order valence-corrected chi connectivity index (χ2v) is 5.41. The van der Waals surface area contributed by atoms with Crippen LogP contribution in [0.25, 0.3) is 0 Å². The van der Waals surface area contributed by atoms with Crippen LogP contribution in [0.2, 0.25) is 0 Å². The van der Waals surface area contributed by atoms with E-state index < -0.39 is 24.3 Å². The highest BCUT2D eigenvalue weighted by Crippen LogP contribution is 2.16. The second-order valence-electron chi connectivity index (χ2n) is 5.41. The Kier molecular flexibility index (Phi) is 9.88. The summed E-state index contributed by atoms with van der Waals surface area (Å²) in [6, 6.07) is 1.38. The van der Waals surface area contributed by atoms with Crippen LogP contribution in [0, 0.1) is 0 Å². The maximum atomic E-state index is 10.6. The van der Waals surface area contributed by atoms with E-state index in [2.05, 4.69) is 17.1 Å². The number of carboxylic acids is 2. The fourth-order valence-corrected chi connectivity index (χ4v) is 2.18. The van der Waals surface area contributed by atoms with Crippen molar-refractivity contribution in [2.24, 2.45) is 0 Å². The molecule has 2 atom stereocenters. The quantitative estimate of drug-likeness (QED) is 0.574. The molecular weight excluding hydrogens is 378 g/mol. The number of rotatable bonds is 1. The first kappa shape index (κ1) is 24.4. The third-order valence-corrected chi connectivity index (χ3v) is 3.41. The van der Waals surface area contributed by atoms with E-state index in [4.69, 9.17) is 24.5 Å². The van der Waals surface area contributed by atoms with Crippen LogP contribution >= 0.6 is 0 Å². The number of nitrogens with one attached hydrogen (secondary N) is 1. The molecule has 154 valence electrons. The van der Waals surface area contributed by atoms with Crippen molar-refractivity contribution in [3.8, 4) is 0 Å². The number of nitrogens with zero attached hydrogens (tertiary/aromatic N) is 1. The van der Waals surface area contributed by atoms with Gasteiger partial charge >= 0.3 is 24.3 Å². The molecule has 0 aliphatic carbocycles. The molecule has 0 aromatic rings. The summed E-state index contributed by atoms with van der Waals surface area (Å²) < 4.78 is 68.9. The Morgan fingerprint density at radius 1 is 1.08 bits per heavy atom. The third kappa shape index (κ3) is 9.77. The van der Waals surface area contributed by atoms with Gasteiger partial charge in [0.1, 0.15) is 0 Å². The van der Waals surface area contributed by atoms with E-state index in [-0.39, 0.29) is 0 Å². The molecule has 13 heteroatoms. The zero-order chi connectivity index (χ0) is 20.5. The van der Waals surface area contributed by atoms with Gasteiger partial charge in [0.25, 0.3) is 0 Å². The summed E-state index contributed by atoms with van der Waals surface area (Å²) >= 11 is 0. The van der Waals surface area contributed by atoms with Crippen LogP contribution in [0.15, 0.2) is 0 Å². The molecular formula is C13H20F6N2O5. The normalized spacial score (nSPS) is 24.0. The Bertz CT molecular complexity index is 427. The highest BCUT2D eigenvalue weighted by atomic mass is 19.4. The highest BCUT2D eigenvalue weighted by Gasteiger charge is 2.38. The average molecular weight is 398 g/mol. The summed E-state index contributed by atoms with van der Waals surface area (Å²) in [5.74, 6) is -5.51. The van der Waals surface area contributed by atoms with Gasteiger partial charge in [0.2, 0.25) is 0 Å². The van der Waals surface area contributed by atoms with E-state index in [0.29, 0.717) is 12.1 Å². The maximum Gasteiger partial charge on any atom is 0.490 e. The lowest BCUT2D eigenvalue weighted by molar-refractivity contribution is -0.193.